The molecule has 2 rings (SSSR count). The van der Waals surface area contributed by atoms with Crippen LogP contribution in [-0.2, 0) is 6.54 Å². The maximum atomic E-state index is 13.3. The first-order valence-corrected chi connectivity index (χ1v) is 5.71. The summed E-state index contributed by atoms with van der Waals surface area (Å²) in [6.45, 7) is 0.277. The molecule has 0 fully saturated rings. The summed E-state index contributed by atoms with van der Waals surface area (Å²) in [5.41, 5.74) is 0.505. The number of benzene rings is 1. The molecule has 0 saturated heterocycles. The van der Waals surface area contributed by atoms with Crippen molar-refractivity contribution in [3.05, 3.63) is 46.7 Å². The van der Waals surface area contributed by atoms with Gasteiger partial charge in [0.2, 0.25) is 0 Å². The van der Waals surface area contributed by atoms with E-state index in [4.69, 9.17) is 5.11 Å². The Morgan fingerprint density at radius 2 is 2.24 bits per heavy atom. The number of carbonyl (C=O) groups is 1. The van der Waals surface area contributed by atoms with Gasteiger partial charge in [0.15, 0.2) is 10.8 Å². The normalized spacial score (nSPS) is 10.2. The highest BCUT2D eigenvalue weighted by atomic mass is 32.1. The minimum absolute atomic E-state index is 0.00830. The van der Waals surface area contributed by atoms with Crippen LogP contribution in [0.3, 0.4) is 0 Å². The Bertz CT molecular complexity index is 542. The molecule has 0 spiro atoms. The summed E-state index contributed by atoms with van der Waals surface area (Å²) in [7, 11) is 0. The molecule has 0 aliphatic rings. The van der Waals surface area contributed by atoms with Crippen LogP contribution in [0.25, 0.3) is 0 Å². The molecule has 88 valence electrons. The van der Waals surface area contributed by atoms with Crippen LogP contribution in [0.5, 0.6) is 0 Å². The number of hydrogen-bond donors (Lipinski definition) is 2. The average Bonchev–Trinajstić information content (AvgIpc) is 2.77. The lowest BCUT2D eigenvalue weighted by atomic mass is 10.2. The third-order valence-electron chi connectivity index (χ3n) is 2.11. The quantitative estimate of drug-likeness (QED) is 0.878. The predicted octanol–water partition coefficient (Wildman–Crippen LogP) is 2.59. The van der Waals surface area contributed by atoms with Gasteiger partial charge in [0.1, 0.15) is 5.82 Å². The SMILES string of the molecule is O=C(O)c1csc(NCc2ccccc2F)n1. The van der Waals surface area contributed by atoms with Crippen LogP contribution in [0.4, 0.5) is 9.52 Å². The molecule has 2 aromatic rings. The zero-order valence-corrected chi connectivity index (χ0v) is 9.50. The van der Waals surface area contributed by atoms with Crippen molar-refractivity contribution < 1.29 is 14.3 Å². The Morgan fingerprint density at radius 3 is 2.88 bits per heavy atom. The van der Waals surface area contributed by atoms with Crippen molar-refractivity contribution in [2.45, 2.75) is 6.54 Å². The first-order chi connectivity index (χ1) is 8.16. The molecular formula is C11H9FN2O2S. The van der Waals surface area contributed by atoms with Gasteiger partial charge in [0.25, 0.3) is 0 Å². The van der Waals surface area contributed by atoms with Crippen molar-refractivity contribution >= 4 is 22.4 Å². The minimum atomic E-state index is -1.07. The van der Waals surface area contributed by atoms with Crippen LogP contribution < -0.4 is 5.32 Å². The van der Waals surface area contributed by atoms with E-state index in [1.807, 2.05) is 0 Å². The molecule has 2 N–H and O–H groups in total. The van der Waals surface area contributed by atoms with Gasteiger partial charge >= 0.3 is 5.97 Å². The van der Waals surface area contributed by atoms with Gasteiger partial charge in [-0.25, -0.2) is 14.2 Å². The topological polar surface area (TPSA) is 62.2 Å². The fourth-order valence-electron chi connectivity index (χ4n) is 1.27. The molecule has 0 bridgehead atoms. The van der Waals surface area contributed by atoms with Gasteiger partial charge in [-0.15, -0.1) is 11.3 Å². The van der Waals surface area contributed by atoms with Gasteiger partial charge in [0.05, 0.1) is 0 Å². The Morgan fingerprint density at radius 1 is 1.47 bits per heavy atom. The average molecular weight is 252 g/mol. The van der Waals surface area contributed by atoms with E-state index in [0.29, 0.717) is 10.7 Å². The smallest absolute Gasteiger partial charge is 0.355 e. The number of thiazole rings is 1. The highest BCUT2D eigenvalue weighted by molar-refractivity contribution is 7.13. The Labute approximate surface area is 101 Å². The number of nitrogens with zero attached hydrogens (tertiary/aromatic N) is 1. The molecule has 6 heteroatoms. The molecule has 1 aromatic carbocycles. The molecular weight excluding hydrogens is 243 g/mol. The van der Waals surface area contributed by atoms with E-state index in [-0.39, 0.29) is 18.1 Å². The molecule has 1 heterocycles. The number of nitrogens with one attached hydrogen (secondary N) is 1. The van der Waals surface area contributed by atoms with Gasteiger partial charge < -0.3 is 10.4 Å². The van der Waals surface area contributed by atoms with E-state index in [1.54, 1.807) is 18.2 Å². The van der Waals surface area contributed by atoms with Crippen molar-refractivity contribution in [3.8, 4) is 0 Å². The number of aromatic nitrogens is 1. The number of anilines is 1. The highest BCUT2D eigenvalue weighted by Crippen LogP contribution is 2.17. The molecule has 1 aromatic heterocycles. The van der Waals surface area contributed by atoms with Crippen LogP contribution in [0.2, 0.25) is 0 Å². The van der Waals surface area contributed by atoms with Gasteiger partial charge in [-0.1, -0.05) is 18.2 Å². The first-order valence-electron chi connectivity index (χ1n) is 4.83. The van der Waals surface area contributed by atoms with Crippen molar-refractivity contribution in [2.75, 3.05) is 5.32 Å². The van der Waals surface area contributed by atoms with E-state index >= 15 is 0 Å². The molecule has 0 atom stereocenters. The van der Waals surface area contributed by atoms with Crippen molar-refractivity contribution in [1.82, 2.24) is 4.98 Å². The second-order valence-corrected chi connectivity index (χ2v) is 4.15. The second kappa shape index (κ2) is 4.92. The molecule has 0 saturated carbocycles. The zero-order chi connectivity index (χ0) is 12.3. The fraction of sp³-hybridized carbons (Fsp3) is 0.0909. The number of carboxylic acid groups (broad SMARTS) is 1. The third-order valence-corrected chi connectivity index (χ3v) is 2.91. The maximum Gasteiger partial charge on any atom is 0.355 e. The molecule has 0 unspecified atom stereocenters. The van der Waals surface area contributed by atoms with E-state index in [9.17, 15) is 9.18 Å². The van der Waals surface area contributed by atoms with E-state index in [0.717, 1.165) is 0 Å². The number of halogens is 1. The lowest BCUT2D eigenvalue weighted by molar-refractivity contribution is 0.0691. The van der Waals surface area contributed by atoms with E-state index < -0.39 is 5.97 Å². The number of hydrogen-bond acceptors (Lipinski definition) is 4. The lowest BCUT2D eigenvalue weighted by Crippen LogP contribution is -2.02. The van der Waals surface area contributed by atoms with Gasteiger partial charge in [-0.3, -0.25) is 0 Å². The number of carboxylic acids is 1. The first kappa shape index (κ1) is 11.5. The summed E-state index contributed by atoms with van der Waals surface area (Å²) in [6.07, 6.45) is 0. The highest BCUT2D eigenvalue weighted by Gasteiger charge is 2.08. The monoisotopic (exact) mass is 252 g/mol. The summed E-state index contributed by atoms with van der Waals surface area (Å²) in [6, 6.07) is 6.39. The van der Waals surface area contributed by atoms with Gasteiger partial charge in [0, 0.05) is 17.5 Å². The summed E-state index contributed by atoms with van der Waals surface area (Å²) in [5, 5.41) is 13.5. The van der Waals surface area contributed by atoms with Crippen molar-refractivity contribution in [2.24, 2.45) is 0 Å². The number of rotatable bonds is 4. The summed E-state index contributed by atoms with van der Waals surface area (Å²) < 4.78 is 13.3. The second-order valence-electron chi connectivity index (χ2n) is 3.29. The van der Waals surface area contributed by atoms with Gasteiger partial charge in [-0.2, -0.15) is 0 Å². The van der Waals surface area contributed by atoms with Crippen LogP contribution in [0.15, 0.2) is 29.6 Å². The maximum absolute atomic E-state index is 13.3. The van der Waals surface area contributed by atoms with E-state index in [1.165, 1.54) is 22.8 Å². The molecule has 0 aliphatic heterocycles. The van der Waals surface area contributed by atoms with Crippen molar-refractivity contribution in [1.29, 1.82) is 0 Å². The van der Waals surface area contributed by atoms with Crippen LogP contribution in [-0.4, -0.2) is 16.1 Å². The number of aromatic carboxylic acids is 1. The summed E-state index contributed by atoms with van der Waals surface area (Å²) in [4.78, 5) is 14.4. The molecule has 17 heavy (non-hydrogen) atoms. The fourth-order valence-corrected chi connectivity index (χ4v) is 1.95. The van der Waals surface area contributed by atoms with E-state index in [2.05, 4.69) is 10.3 Å². The molecule has 0 radical (unpaired) electrons. The van der Waals surface area contributed by atoms with Crippen LogP contribution in [0.1, 0.15) is 16.1 Å². The predicted molar refractivity (Wildman–Crippen MR) is 62.8 cm³/mol. The largest absolute Gasteiger partial charge is 0.476 e. The zero-order valence-electron chi connectivity index (χ0n) is 8.68. The molecule has 0 aliphatic carbocycles. The Balaban J connectivity index is 2.02. The summed E-state index contributed by atoms with van der Waals surface area (Å²) >= 11 is 1.18. The van der Waals surface area contributed by atoms with Crippen molar-refractivity contribution in [3.63, 3.8) is 0 Å². The van der Waals surface area contributed by atoms with Gasteiger partial charge in [-0.05, 0) is 6.07 Å². The molecule has 0 amide bonds. The van der Waals surface area contributed by atoms with Crippen LogP contribution in [0, 0.1) is 5.82 Å². The standard InChI is InChI=1S/C11H9FN2O2S/c12-8-4-2-1-3-7(8)5-13-11-14-9(6-17-11)10(15)16/h1-4,6H,5H2,(H,13,14)(H,15,16). The summed E-state index contributed by atoms with van der Waals surface area (Å²) in [5.74, 6) is -1.37. The Kier molecular flexibility index (Phi) is 3.34. The van der Waals surface area contributed by atoms with Crippen LogP contribution >= 0.6 is 11.3 Å². The molecule has 4 nitrogen and oxygen atoms in total. The Hall–Kier alpha value is -1.95. The lowest BCUT2D eigenvalue weighted by Gasteiger charge is -2.03. The minimum Gasteiger partial charge on any atom is -0.476 e. The third kappa shape index (κ3) is 2.79.